The second-order valence-corrected chi connectivity index (χ2v) is 7.86. The number of rotatable bonds is 5. The number of ether oxygens (including phenoxy) is 1. The molecular formula is C23H26N2O2. The molecule has 1 aromatic carbocycles. The summed E-state index contributed by atoms with van der Waals surface area (Å²) in [5, 5.41) is 3.20. The van der Waals surface area contributed by atoms with Gasteiger partial charge in [0.2, 0.25) is 0 Å². The van der Waals surface area contributed by atoms with E-state index in [9.17, 15) is 4.79 Å². The Morgan fingerprint density at radius 3 is 2.74 bits per heavy atom. The number of benzene rings is 1. The number of amides is 1. The van der Waals surface area contributed by atoms with Gasteiger partial charge in [-0.05, 0) is 61.8 Å². The summed E-state index contributed by atoms with van der Waals surface area (Å²) in [4.78, 5) is 17.0. The topological polar surface area (TPSA) is 51.2 Å². The van der Waals surface area contributed by atoms with E-state index in [2.05, 4.69) is 23.3 Å². The molecule has 1 amide bonds. The van der Waals surface area contributed by atoms with Gasteiger partial charge in [-0.3, -0.25) is 9.78 Å². The predicted molar refractivity (Wildman–Crippen MR) is 105 cm³/mol. The van der Waals surface area contributed by atoms with E-state index in [0.29, 0.717) is 18.1 Å². The van der Waals surface area contributed by atoms with Crippen molar-refractivity contribution in [2.75, 3.05) is 0 Å². The Morgan fingerprint density at radius 1 is 1.15 bits per heavy atom. The second-order valence-electron chi connectivity index (χ2n) is 7.86. The first-order valence-corrected chi connectivity index (χ1v) is 9.79. The first-order valence-electron chi connectivity index (χ1n) is 9.79. The normalized spacial score (nSPS) is 24.0. The average Bonchev–Trinajstić information content (AvgIpc) is 2.66. The fourth-order valence-corrected chi connectivity index (χ4v) is 4.35. The number of pyridine rings is 1. The van der Waals surface area contributed by atoms with E-state index >= 15 is 0 Å². The van der Waals surface area contributed by atoms with Crippen LogP contribution >= 0.6 is 0 Å². The van der Waals surface area contributed by atoms with Crippen LogP contribution in [0.5, 0.6) is 5.75 Å². The molecule has 1 N–H and O–H groups in total. The standard InChI is InChI=1S/C23H26N2O2/c1-16-9-17-11-18(10-16)13-21(12-17)25-23(26)19-7-8-20(24-14-19)15-27-22-5-3-2-4-6-22/h2-9,14,16,18,21H,10-13,15H2,1H3,(H,25,26). The van der Waals surface area contributed by atoms with E-state index < -0.39 is 0 Å². The quantitative estimate of drug-likeness (QED) is 0.795. The van der Waals surface area contributed by atoms with E-state index in [0.717, 1.165) is 30.2 Å². The van der Waals surface area contributed by atoms with Crippen molar-refractivity contribution in [3.05, 3.63) is 71.6 Å². The van der Waals surface area contributed by atoms with E-state index in [1.807, 2.05) is 42.5 Å². The second kappa shape index (κ2) is 7.95. The molecule has 1 heterocycles. The maximum Gasteiger partial charge on any atom is 0.253 e. The molecule has 1 aromatic heterocycles. The van der Waals surface area contributed by atoms with Crippen molar-refractivity contribution in [3.63, 3.8) is 0 Å². The molecule has 0 radical (unpaired) electrons. The third kappa shape index (κ3) is 4.57. The summed E-state index contributed by atoms with van der Waals surface area (Å²) in [6.07, 6.45) is 8.58. The molecule has 140 valence electrons. The summed E-state index contributed by atoms with van der Waals surface area (Å²) in [5.74, 6) is 2.18. The fourth-order valence-electron chi connectivity index (χ4n) is 4.35. The minimum absolute atomic E-state index is 0.0309. The third-order valence-electron chi connectivity index (χ3n) is 5.45. The number of allylic oxidation sites excluding steroid dienone is 1. The summed E-state index contributed by atoms with van der Waals surface area (Å²) in [7, 11) is 0. The van der Waals surface area contributed by atoms with Crippen LogP contribution in [-0.2, 0) is 6.61 Å². The predicted octanol–water partition coefficient (Wildman–Crippen LogP) is 4.53. The van der Waals surface area contributed by atoms with Gasteiger partial charge in [-0.2, -0.15) is 0 Å². The Hall–Kier alpha value is -2.62. The van der Waals surface area contributed by atoms with Gasteiger partial charge >= 0.3 is 0 Å². The smallest absolute Gasteiger partial charge is 0.253 e. The molecule has 4 nitrogen and oxygen atoms in total. The molecule has 2 aliphatic rings. The highest BCUT2D eigenvalue weighted by atomic mass is 16.5. The van der Waals surface area contributed by atoms with Gasteiger partial charge in [0, 0.05) is 12.2 Å². The molecule has 0 saturated heterocycles. The van der Waals surface area contributed by atoms with Crippen LogP contribution in [0, 0.1) is 11.8 Å². The van der Waals surface area contributed by atoms with E-state index in [1.165, 1.54) is 18.4 Å². The van der Waals surface area contributed by atoms with Gasteiger partial charge in [0.25, 0.3) is 5.91 Å². The van der Waals surface area contributed by atoms with Gasteiger partial charge in [0.1, 0.15) is 12.4 Å². The van der Waals surface area contributed by atoms with Gasteiger partial charge < -0.3 is 10.1 Å². The van der Waals surface area contributed by atoms with Gasteiger partial charge in [0.05, 0.1) is 11.3 Å². The Bertz CT molecular complexity index is 814. The highest BCUT2D eigenvalue weighted by molar-refractivity contribution is 5.94. The summed E-state index contributed by atoms with van der Waals surface area (Å²) in [6, 6.07) is 13.6. The first kappa shape index (κ1) is 17.8. The van der Waals surface area contributed by atoms with Crippen LogP contribution in [0.15, 0.2) is 60.3 Å². The summed E-state index contributed by atoms with van der Waals surface area (Å²) in [6.45, 7) is 2.68. The molecule has 1 fully saturated rings. The molecule has 0 aliphatic heterocycles. The lowest BCUT2D eigenvalue weighted by atomic mass is 9.73. The van der Waals surface area contributed by atoms with Crippen LogP contribution in [0.3, 0.4) is 0 Å². The number of carbonyl (C=O) groups excluding carboxylic acids is 1. The van der Waals surface area contributed by atoms with Crippen molar-refractivity contribution >= 4 is 5.91 Å². The number of fused-ring (bicyclic) bond motifs is 2. The van der Waals surface area contributed by atoms with E-state index in [1.54, 1.807) is 6.20 Å². The number of hydrogen-bond donors (Lipinski definition) is 1. The van der Waals surface area contributed by atoms with Crippen LogP contribution in [0.2, 0.25) is 0 Å². The zero-order valence-electron chi connectivity index (χ0n) is 15.7. The first-order chi connectivity index (χ1) is 13.2. The van der Waals surface area contributed by atoms with Crippen LogP contribution in [0.1, 0.15) is 48.7 Å². The summed E-state index contributed by atoms with van der Waals surface area (Å²) in [5.41, 5.74) is 2.93. The highest BCUT2D eigenvalue weighted by Gasteiger charge is 2.30. The van der Waals surface area contributed by atoms with Crippen LogP contribution in [0.4, 0.5) is 0 Å². The monoisotopic (exact) mass is 362 g/mol. The number of aromatic nitrogens is 1. The maximum absolute atomic E-state index is 12.6. The molecule has 4 rings (SSSR count). The zero-order chi connectivity index (χ0) is 18.6. The van der Waals surface area contributed by atoms with Crippen molar-refractivity contribution in [1.82, 2.24) is 10.3 Å². The molecule has 0 spiro atoms. The Labute approximate surface area is 160 Å². The number of para-hydroxylation sites is 1. The summed E-state index contributed by atoms with van der Waals surface area (Å²) >= 11 is 0. The SMILES string of the molecule is CC1C=C2CC(C1)CC(NC(=O)c1ccc(COc3ccccc3)nc1)C2. The molecule has 2 aromatic rings. The molecule has 27 heavy (non-hydrogen) atoms. The molecule has 2 aliphatic carbocycles. The molecule has 2 bridgehead atoms. The van der Waals surface area contributed by atoms with Gasteiger partial charge in [-0.1, -0.05) is 36.8 Å². The fraction of sp³-hybridized carbons (Fsp3) is 0.391. The lowest BCUT2D eigenvalue weighted by Gasteiger charge is -2.36. The van der Waals surface area contributed by atoms with Crippen molar-refractivity contribution in [2.45, 2.75) is 45.3 Å². The molecule has 1 saturated carbocycles. The number of nitrogens with one attached hydrogen (secondary N) is 1. The van der Waals surface area contributed by atoms with Crippen LogP contribution in [-0.4, -0.2) is 16.9 Å². The van der Waals surface area contributed by atoms with E-state index in [-0.39, 0.29) is 11.9 Å². The van der Waals surface area contributed by atoms with Crippen LogP contribution in [0.25, 0.3) is 0 Å². The molecule has 3 atom stereocenters. The number of carbonyl (C=O) groups is 1. The minimum atomic E-state index is -0.0309. The Kier molecular flexibility index (Phi) is 5.23. The largest absolute Gasteiger partial charge is 0.487 e. The van der Waals surface area contributed by atoms with Crippen LogP contribution < -0.4 is 10.1 Å². The third-order valence-corrected chi connectivity index (χ3v) is 5.45. The zero-order valence-corrected chi connectivity index (χ0v) is 15.7. The Balaban J connectivity index is 1.32. The number of nitrogens with zero attached hydrogens (tertiary/aromatic N) is 1. The molecule has 3 unspecified atom stereocenters. The lowest BCUT2D eigenvalue weighted by molar-refractivity contribution is 0.0923. The summed E-state index contributed by atoms with van der Waals surface area (Å²) < 4.78 is 5.70. The highest BCUT2D eigenvalue weighted by Crippen LogP contribution is 2.38. The van der Waals surface area contributed by atoms with Crippen molar-refractivity contribution in [1.29, 1.82) is 0 Å². The van der Waals surface area contributed by atoms with E-state index in [4.69, 9.17) is 4.74 Å². The van der Waals surface area contributed by atoms with Gasteiger partial charge in [-0.15, -0.1) is 0 Å². The molecular weight excluding hydrogens is 336 g/mol. The molecule has 4 heteroatoms. The average molecular weight is 362 g/mol. The Morgan fingerprint density at radius 2 is 2.00 bits per heavy atom. The number of hydrogen-bond acceptors (Lipinski definition) is 3. The van der Waals surface area contributed by atoms with Crippen molar-refractivity contribution in [2.24, 2.45) is 11.8 Å². The van der Waals surface area contributed by atoms with Gasteiger partial charge in [0.15, 0.2) is 0 Å². The minimum Gasteiger partial charge on any atom is -0.487 e. The van der Waals surface area contributed by atoms with Gasteiger partial charge in [-0.25, -0.2) is 0 Å². The van der Waals surface area contributed by atoms with Crippen molar-refractivity contribution < 1.29 is 9.53 Å². The lowest BCUT2D eigenvalue weighted by Crippen LogP contribution is -2.40. The van der Waals surface area contributed by atoms with Crippen molar-refractivity contribution in [3.8, 4) is 5.75 Å². The maximum atomic E-state index is 12.6.